The van der Waals surface area contributed by atoms with Crippen LogP contribution in [0.15, 0.2) is 48.5 Å². The lowest BCUT2D eigenvalue weighted by molar-refractivity contribution is -0.153. The molecule has 5 nitrogen and oxygen atoms in total. The minimum Gasteiger partial charge on any atom is -0.484 e. The monoisotopic (exact) mass is 438 g/mol. The van der Waals surface area contributed by atoms with Crippen LogP contribution in [0, 0.1) is 0 Å². The van der Waals surface area contributed by atoms with Gasteiger partial charge in [-0.05, 0) is 43.3 Å². The number of nitrogens with zero attached hydrogens (tertiary/aromatic N) is 1. The van der Waals surface area contributed by atoms with E-state index in [1.54, 1.807) is 18.2 Å². The van der Waals surface area contributed by atoms with Crippen molar-refractivity contribution in [2.45, 2.75) is 26.1 Å². The molecular formula is C21H18ClF3N2O3. The third-order valence-electron chi connectivity index (χ3n) is 4.08. The molecule has 0 saturated heterocycles. The van der Waals surface area contributed by atoms with Crippen molar-refractivity contribution in [2.75, 3.05) is 6.61 Å². The summed E-state index contributed by atoms with van der Waals surface area (Å²) in [6.45, 7) is 1.89. The SMILES string of the molecule is CC(=O)NC(C)c1ccc2cc(Oc3ccc(OCC(F)(F)F)cc3Cl)ccc2n1. The fourth-order valence-corrected chi connectivity index (χ4v) is 2.96. The minimum absolute atomic E-state index is 0.00629. The van der Waals surface area contributed by atoms with Crippen LogP contribution in [0.4, 0.5) is 13.2 Å². The van der Waals surface area contributed by atoms with Gasteiger partial charge in [-0.2, -0.15) is 13.2 Å². The molecule has 0 bridgehead atoms. The third kappa shape index (κ3) is 5.76. The van der Waals surface area contributed by atoms with Gasteiger partial charge in [-0.25, -0.2) is 0 Å². The van der Waals surface area contributed by atoms with Gasteiger partial charge in [-0.15, -0.1) is 0 Å². The standard InChI is InChI=1S/C21H18ClF3N2O3/c1-12(26-13(2)28)18-6-3-14-9-16(4-7-19(14)27-18)30-20-8-5-15(10-17(20)22)29-11-21(23,24)25/h3-10,12H,11H2,1-2H3,(H,26,28). The number of halogens is 4. The lowest BCUT2D eigenvalue weighted by Gasteiger charge is -2.13. The van der Waals surface area contributed by atoms with Gasteiger partial charge in [0.1, 0.15) is 17.2 Å². The fraction of sp³-hybridized carbons (Fsp3) is 0.238. The van der Waals surface area contributed by atoms with Crippen molar-refractivity contribution >= 4 is 28.4 Å². The number of alkyl halides is 3. The number of pyridine rings is 1. The Morgan fingerprint density at radius 2 is 1.87 bits per heavy atom. The maximum Gasteiger partial charge on any atom is 0.422 e. The molecule has 0 spiro atoms. The average Bonchev–Trinajstić information content (AvgIpc) is 2.66. The molecule has 0 aliphatic rings. The van der Waals surface area contributed by atoms with Gasteiger partial charge in [0.25, 0.3) is 0 Å². The second-order valence-electron chi connectivity index (χ2n) is 6.61. The summed E-state index contributed by atoms with van der Waals surface area (Å²) >= 11 is 6.11. The van der Waals surface area contributed by atoms with E-state index in [0.717, 1.165) is 16.6 Å². The Morgan fingerprint density at radius 1 is 1.13 bits per heavy atom. The topological polar surface area (TPSA) is 60.5 Å². The molecule has 2 aromatic carbocycles. The summed E-state index contributed by atoms with van der Waals surface area (Å²) in [5, 5.41) is 3.71. The van der Waals surface area contributed by atoms with Gasteiger partial charge >= 0.3 is 6.18 Å². The molecule has 0 aliphatic heterocycles. The van der Waals surface area contributed by atoms with Crippen LogP contribution in [0.1, 0.15) is 25.6 Å². The molecule has 0 radical (unpaired) electrons. The van der Waals surface area contributed by atoms with E-state index >= 15 is 0 Å². The van der Waals surface area contributed by atoms with Gasteiger partial charge in [0, 0.05) is 18.4 Å². The smallest absolute Gasteiger partial charge is 0.422 e. The van der Waals surface area contributed by atoms with E-state index in [-0.39, 0.29) is 28.5 Å². The Labute approximate surface area is 175 Å². The van der Waals surface area contributed by atoms with E-state index in [9.17, 15) is 18.0 Å². The molecule has 1 amide bonds. The van der Waals surface area contributed by atoms with Crippen molar-refractivity contribution in [3.8, 4) is 17.2 Å². The summed E-state index contributed by atoms with van der Waals surface area (Å²) in [5.41, 5.74) is 1.45. The van der Waals surface area contributed by atoms with Crippen molar-refractivity contribution in [3.05, 3.63) is 59.2 Å². The van der Waals surface area contributed by atoms with E-state index in [1.807, 2.05) is 19.1 Å². The van der Waals surface area contributed by atoms with Crippen molar-refractivity contribution in [1.29, 1.82) is 0 Å². The zero-order chi connectivity index (χ0) is 21.9. The lowest BCUT2D eigenvalue weighted by Crippen LogP contribution is -2.24. The van der Waals surface area contributed by atoms with Crippen molar-refractivity contribution in [3.63, 3.8) is 0 Å². The van der Waals surface area contributed by atoms with E-state index in [2.05, 4.69) is 15.0 Å². The molecule has 1 heterocycles. The summed E-state index contributed by atoms with van der Waals surface area (Å²) in [7, 11) is 0. The molecule has 0 fully saturated rings. The first-order chi connectivity index (χ1) is 14.1. The Bertz CT molecular complexity index is 1070. The van der Waals surface area contributed by atoms with Crippen LogP contribution in [0.3, 0.4) is 0 Å². The maximum atomic E-state index is 12.3. The number of carbonyl (C=O) groups excluding carboxylic acids is 1. The molecule has 1 unspecified atom stereocenters. The molecule has 1 N–H and O–H groups in total. The fourth-order valence-electron chi connectivity index (χ4n) is 2.75. The predicted octanol–water partition coefficient (Wildman–Crippen LogP) is 5.82. The van der Waals surface area contributed by atoms with Crippen molar-refractivity contribution in [2.24, 2.45) is 0 Å². The van der Waals surface area contributed by atoms with E-state index in [4.69, 9.17) is 16.3 Å². The summed E-state index contributed by atoms with van der Waals surface area (Å²) in [6, 6.07) is 12.7. The van der Waals surface area contributed by atoms with Crippen molar-refractivity contribution in [1.82, 2.24) is 10.3 Å². The minimum atomic E-state index is -4.43. The van der Waals surface area contributed by atoms with E-state index < -0.39 is 12.8 Å². The second kappa shape index (κ2) is 8.79. The molecular weight excluding hydrogens is 421 g/mol. The zero-order valence-electron chi connectivity index (χ0n) is 16.1. The highest BCUT2D eigenvalue weighted by Gasteiger charge is 2.28. The van der Waals surface area contributed by atoms with E-state index in [0.29, 0.717) is 5.75 Å². The maximum absolute atomic E-state index is 12.3. The van der Waals surface area contributed by atoms with Crippen LogP contribution in [0.2, 0.25) is 5.02 Å². The normalized spacial score (nSPS) is 12.5. The third-order valence-corrected chi connectivity index (χ3v) is 4.37. The molecule has 158 valence electrons. The molecule has 1 aromatic heterocycles. The van der Waals surface area contributed by atoms with Crippen LogP contribution in [-0.4, -0.2) is 23.7 Å². The average molecular weight is 439 g/mol. The predicted molar refractivity (Wildman–Crippen MR) is 107 cm³/mol. The van der Waals surface area contributed by atoms with Gasteiger partial charge in [-0.1, -0.05) is 17.7 Å². The highest BCUT2D eigenvalue weighted by Crippen LogP contribution is 2.34. The number of nitrogens with one attached hydrogen (secondary N) is 1. The van der Waals surface area contributed by atoms with Crippen LogP contribution in [0.5, 0.6) is 17.2 Å². The molecule has 30 heavy (non-hydrogen) atoms. The summed E-state index contributed by atoms with van der Waals surface area (Å²) in [6.07, 6.45) is -4.43. The second-order valence-corrected chi connectivity index (χ2v) is 7.02. The van der Waals surface area contributed by atoms with E-state index in [1.165, 1.54) is 25.1 Å². The van der Waals surface area contributed by atoms with Gasteiger partial charge < -0.3 is 14.8 Å². The number of ether oxygens (including phenoxy) is 2. The molecule has 9 heteroatoms. The van der Waals surface area contributed by atoms with Crippen LogP contribution >= 0.6 is 11.6 Å². The van der Waals surface area contributed by atoms with Gasteiger partial charge in [0.15, 0.2) is 6.61 Å². The molecule has 0 aliphatic carbocycles. The summed E-state index contributed by atoms with van der Waals surface area (Å²) in [4.78, 5) is 15.8. The Balaban J connectivity index is 1.75. The van der Waals surface area contributed by atoms with Crippen LogP contribution in [-0.2, 0) is 4.79 Å². The Hall–Kier alpha value is -3.00. The first-order valence-electron chi connectivity index (χ1n) is 8.95. The lowest BCUT2D eigenvalue weighted by atomic mass is 10.1. The first-order valence-corrected chi connectivity index (χ1v) is 9.33. The largest absolute Gasteiger partial charge is 0.484 e. The number of fused-ring (bicyclic) bond motifs is 1. The Morgan fingerprint density at radius 3 is 2.53 bits per heavy atom. The zero-order valence-corrected chi connectivity index (χ0v) is 16.8. The highest BCUT2D eigenvalue weighted by molar-refractivity contribution is 6.32. The number of hydrogen-bond donors (Lipinski definition) is 1. The first kappa shape index (κ1) is 21.7. The number of carbonyl (C=O) groups is 1. The van der Waals surface area contributed by atoms with Crippen molar-refractivity contribution < 1.29 is 27.4 Å². The molecule has 0 saturated carbocycles. The summed E-state index contributed by atoms with van der Waals surface area (Å²) < 4.78 is 47.2. The number of hydrogen-bond acceptors (Lipinski definition) is 4. The molecule has 1 atom stereocenters. The van der Waals surface area contributed by atoms with Gasteiger partial charge in [0.2, 0.25) is 5.91 Å². The molecule has 3 rings (SSSR count). The number of aromatic nitrogens is 1. The number of benzene rings is 2. The Kier molecular flexibility index (Phi) is 6.36. The van der Waals surface area contributed by atoms with Gasteiger partial charge in [-0.3, -0.25) is 9.78 Å². The van der Waals surface area contributed by atoms with Crippen LogP contribution < -0.4 is 14.8 Å². The van der Waals surface area contributed by atoms with Gasteiger partial charge in [0.05, 0.1) is 22.3 Å². The summed E-state index contributed by atoms with van der Waals surface area (Å²) in [5.74, 6) is 0.616. The van der Waals surface area contributed by atoms with Crippen LogP contribution in [0.25, 0.3) is 10.9 Å². The quantitative estimate of drug-likeness (QED) is 0.527. The molecule has 3 aromatic rings. The number of amides is 1. The number of rotatable bonds is 6. The highest BCUT2D eigenvalue weighted by atomic mass is 35.5.